The van der Waals surface area contributed by atoms with Crippen molar-refractivity contribution in [1.29, 1.82) is 0 Å². The predicted molar refractivity (Wildman–Crippen MR) is 55.9 cm³/mol. The van der Waals surface area contributed by atoms with Crippen molar-refractivity contribution in [2.24, 2.45) is 0 Å². The second-order valence-corrected chi connectivity index (χ2v) is 4.05. The zero-order chi connectivity index (χ0) is 9.97. The van der Waals surface area contributed by atoms with Gasteiger partial charge >= 0.3 is 0 Å². The molecule has 1 fully saturated rings. The van der Waals surface area contributed by atoms with E-state index in [4.69, 9.17) is 9.47 Å². The molecule has 1 aliphatic rings. The van der Waals surface area contributed by atoms with Gasteiger partial charge in [0.15, 0.2) is 6.29 Å². The maximum atomic E-state index is 13.4. The van der Waals surface area contributed by atoms with Crippen molar-refractivity contribution >= 4 is 22.5 Å². The van der Waals surface area contributed by atoms with Crippen LogP contribution in [-0.2, 0) is 9.47 Å². The minimum atomic E-state index is -0.560. The van der Waals surface area contributed by atoms with Crippen molar-refractivity contribution in [1.82, 2.24) is 0 Å². The second-order valence-electron chi connectivity index (χ2n) is 2.85. The predicted octanol–water partition coefficient (Wildman–Crippen LogP) is 2.81. The Morgan fingerprint density at radius 1 is 1.36 bits per heavy atom. The topological polar surface area (TPSA) is 18.5 Å². The summed E-state index contributed by atoms with van der Waals surface area (Å²) < 4.78 is 23.8. The van der Waals surface area contributed by atoms with E-state index in [0.717, 1.165) is 4.90 Å². The van der Waals surface area contributed by atoms with E-state index in [2.05, 4.69) is 11.7 Å². The summed E-state index contributed by atoms with van der Waals surface area (Å²) in [4.78, 5) is 0.879. The fraction of sp³-hybridized carbons (Fsp3) is 0.333. The van der Waals surface area contributed by atoms with E-state index in [1.165, 1.54) is 16.9 Å². The lowest BCUT2D eigenvalue weighted by Crippen LogP contribution is -2.01. The molecule has 1 saturated heterocycles. The molecule has 0 N–H and O–H groups in total. The molecule has 0 saturated carbocycles. The number of halogens is 1. The minimum Gasteiger partial charge on any atom is -0.346 e. The molecule has 14 heavy (non-hydrogen) atoms. The fourth-order valence-corrected chi connectivity index (χ4v) is 1.95. The average Bonchev–Trinajstić information content (AvgIpc) is 2.71. The van der Waals surface area contributed by atoms with E-state index in [-0.39, 0.29) is 5.82 Å². The maximum absolute atomic E-state index is 13.4. The molecule has 1 heterocycles. The number of ether oxygens (including phenoxy) is 2. The van der Waals surface area contributed by atoms with Gasteiger partial charge in [-0.1, -0.05) is 10.8 Å². The molecule has 76 valence electrons. The normalized spacial score (nSPS) is 17.6. The standard InChI is InChI=1S/C9H9FO2S2/c10-8-2-1-6(14-13)5-7(8)9-11-3-4-12-9/h1-2,5,9,13H,3-4H2. The summed E-state index contributed by atoms with van der Waals surface area (Å²) in [5, 5.41) is 0. The summed E-state index contributed by atoms with van der Waals surface area (Å²) in [7, 11) is 1.27. The summed E-state index contributed by atoms with van der Waals surface area (Å²) >= 11 is 4.05. The summed E-state index contributed by atoms with van der Waals surface area (Å²) in [6.07, 6.45) is -0.560. The minimum absolute atomic E-state index is 0.303. The van der Waals surface area contributed by atoms with Crippen LogP contribution in [0.5, 0.6) is 0 Å². The molecule has 1 aliphatic heterocycles. The first-order valence-electron chi connectivity index (χ1n) is 4.15. The van der Waals surface area contributed by atoms with Crippen LogP contribution >= 0.6 is 22.5 Å². The van der Waals surface area contributed by atoms with Gasteiger partial charge in [-0.25, -0.2) is 4.39 Å². The molecule has 1 aromatic carbocycles. The van der Waals surface area contributed by atoms with E-state index >= 15 is 0 Å². The summed E-state index contributed by atoms with van der Waals surface area (Å²) in [5.41, 5.74) is 0.446. The van der Waals surface area contributed by atoms with E-state index in [1.807, 2.05) is 0 Å². The molecular weight excluding hydrogens is 223 g/mol. The number of hydrogen-bond donors (Lipinski definition) is 1. The Labute approximate surface area is 90.6 Å². The van der Waals surface area contributed by atoms with Crippen molar-refractivity contribution < 1.29 is 13.9 Å². The van der Waals surface area contributed by atoms with Gasteiger partial charge in [-0.3, -0.25) is 0 Å². The van der Waals surface area contributed by atoms with Gasteiger partial charge in [0.25, 0.3) is 0 Å². The van der Waals surface area contributed by atoms with E-state index in [0.29, 0.717) is 18.8 Å². The molecule has 0 bridgehead atoms. The first kappa shape index (κ1) is 10.3. The number of benzene rings is 1. The summed E-state index contributed by atoms with van der Waals surface area (Å²) in [6.45, 7) is 1.03. The molecule has 0 radical (unpaired) electrons. The highest BCUT2D eigenvalue weighted by Gasteiger charge is 2.21. The number of rotatable bonds is 2. The largest absolute Gasteiger partial charge is 0.346 e. The van der Waals surface area contributed by atoms with Crippen LogP contribution in [0.15, 0.2) is 23.1 Å². The Morgan fingerprint density at radius 2 is 2.07 bits per heavy atom. The smallest absolute Gasteiger partial charge is 0.186 e. The molecule has 2 rings (SSSR count). The van der Waals surface area contributed by atoms with Crippen LogP contribution in [0.2, 0.25) is 0 Å². The first-order chi connectivity index (χ1) is 6.81. The lowest BCUT2D eigenvalue weighted by atomic mass is 10.2. The van der Waals surface area contributed by atoms with Crippen molar-refractivity contribution in [3.8, 4) is 0 Å². The maximum Gasteiger partial charge on any atom is 0.186 e. The van der Waals surface area contributed by atoms with Crippen LogP contribution < -0.4 is 0 Å². The highest BCUT2D eigenvalue weighted by atomic mass is 33.1. The Hall–Kier alpha value is -0.230. The van der Waals surface area contributed by atoms with Gasteiger partial charge in [0.1, 0.15) is 5.82 Å². The summed E-state index contributed by atoms with van der Waals surface area (Å²) in [5.74, 6) is -0.303. The molecule has 0 aliphatic carbocycles. The molecule has 2 nitrogen and oxygen atoms in total. The lowest BCUT2D eigenvalue weighted by Gasteiger charge is -2.10. The van der Waals surface area contributed by atoms with Crippen LogP contribution in [0.25, 0.3) is 0 Å². The molecule has 0 spiro atoms. The van der Waals surface area contributed by atoms with Crippen molar-refractivity contribution in [3.05, 3.63) is 29.6 Å². The van der Waals surface area contributed by atoms with Crippen molar-refractivity contribution in [3.63, 3.8) is 0 Å². The Balaban J connectivity index is 2.29. The Bertz CT molecular complexity index is 327. The highest BCUT2D eigenvalue weighted by molar-refractivity contribution is 8.68. The lowest BCUT2D eigenvalue weighted by molar-refractivity contribution is -0.0466. The van der Waals surface area contributed by atoms with Gasteiger partial charge in [-0.2, -0.15) is 0 Å². The van der Waals surface area contributed by atoms with Gasteiger partial charge < -0.3 is 9.47 Å². The van der Waals surface area contributed by atoms with Crippen LogP contribution in [0, 0.1) is 5.82 Å². The van der Waals surface area contributed by atoms with Crippen LogP contribution in [0.4, 0.5) is 4.39 Å². The third kappa shape index (κ3) is 2.06. The Kier molecular flexibility index (Phi) is 3.33. The average molecular weight is 232 g/mol. The van der Waals surface area contributed by atoms with E-state index in [9.17, 15) is 4.39 Å². The van der Waals surface area contributed by atoms with E-state index < -0.39 is 6.29 Å². The summed E-state index contributed by atoms with van der Waals surface area (Å²) in [6, 6.07) is 4.77. The molecule has 0 atom stereocenters. The SMILES string of the molecule is Fc1ccc(SS)cc1C1OCCO1. The van der Waals surface area contributed by atoms with Gasteiger partial charge in [0.2, 0.25) is 0 Å². The van der Waals surface area contributed by atoms with Gasteiger partial charge in [-0.05, 0) is 18.2 Å². The Morgan fingerprint density at radius 3 is 2.71 bits per heavy atom. The van der Waals surface area contributed by atoms with Crippen molar-refractivity contribution in [2.45, 2.75) is 11.2 Å². The van der Waals surface area contributed by atoms with Crippen LogP contribution in [0.3, 0.4) is 0 Å². The fourth-order valence-electron chi connectivity index (χ4n) is 1.30. The number of thiol groups is 1. The molecule has 0 unspecified atom stereocenters. The van der Waals surface area contributed by atoms with Crippen molar-refractivity contribution in [2.75, 3.05) is 13.2 Å². The molecule has 0 aromatic heterocycles. The van der Waals surface area contributed by atoms with Crippen LogP contribution in [0.1, 0.15) is 11.9 Å². The first-order valence-corrected chi connectivity index (χ1v) is 6.02. The molecule has 5 heteroatoms. The second kappa shape index (κ2) is 4.53. The van der Waals surface area contributed by atoms with E-state index in [1.54, 1.807) is 12.1 Å². The zero-order valence-electron chi connectivity index (χ0n) is 7.27. The quantitative estimate of drug-likeness (QED) is 0.625. The molecular formula is C9H9FO2S2. The zero-order valence-corrected chi connectivity index (χ0v) is 8.98. The molecule has 1 aromatic rings. The highest BCUT2D eigenvalue weighted by Crippen LogP contribution is 2.30. The third-order valence-electron chi connectivity index (χ3n) is 1.95. The van der Waals surface area contributed by atoms with Gasteiger partial charge in [0.05, 0.1) is 13.2 Å². The third-order valence-corrected chi connectivity index (χ3v) is 3.05. The van der Waals surface area contributed by atoms with Crippen LogP contribution in [-0.4, -0.2) is 13.2 Å². The number of hydrogen-bond acceptors (Lipinski definition) is 4. The monoisotopic (exact) mass is 232 g/mol. The van der Waals surface area contributed by atoms with Gasteiger partial charge in [-0.15, -0.1) is 11.7 Å². The van der Waals surface area contributed by atoms with Gasteiger partial charge in [0, 0.05) is 10.5 Å². The molecule has 0 amide bonds.